The minimum Gasteiger partial charge on any atom is -0.481 e. The van der Waals surface area contributed by atoms with E-state index in [9.17, 15) is 14.7 Å². The second-order valence-corrected chi connectivity index (χ2v) is 9.10. The summed E-state index contributed by atoms with van der Waals surface area (Å²) < 4.78 is 0. The van der Waals surface area contributed by atoms with Crippen LogP contribution >= 0.6 is 11.8 Å². The molecule has 2 aromatic rings. The summed E-state index contributed by atoms with van der Waals surface area (Å²) in [5, 5.41) is 19.2. The number of thioether (sulfide) groups is 1. The Morgan fingerprint density at radius 1 is 1.25 bits per heavy atom. The molecule has 1 aromatic heterocycles. The molecule has 1 aromatic carbocycles. The lowest BCUT2D eigenvalue weighted by atomic mass is 10.0. The summed E-state index contributed by atoms with van der Waals surface area (Å²) in [5.74, 6) is 0.944. The van der Waals surface area contributed by atoms with Gasteiger partial charge in [-0.15, -0.1) is 0 Å². The molecule has 7 heteroatoms. The zero-order valence-electron chi connectivity index (χ0n) is 18.1. The summed E-state index contributed by atoms with van der Waals surface area (Å²) in [6.45, 7) is 0.647. The van der Waals surface area contributed by atoms with Gasteiger partial charge in [0, 0.05) is 43.3 Å². The standard InChI is InChI=1S/C25H30N2O4S/c28-22(18-19-5-3-6-20(17-19)23-7-1-2-13-26-23)11-9-21-10-12-24(29)27(21)14-16-32-15-4-8-25(30)31/h1-3,5-7,9,11,13,17,21-22,28H,4,8,10,12,14-16,18H2,(H,30,31)/t21-,22+/m0/s1. The Balaban J connectivity index is 1.49. The van der Waals surface area contributed by atoms with E-state index in [0.29, 0.717) is 25.8 Å². The molecule has 0 bridgehead atoms. The molecule has 1 aliphatic heterocycles. The number of pyridine rings is 1. The summed E-state index contributed by atoms with van der Waals surface area (Å²) in [5.41, 5.74) is 2.95. The number of hydrogen-bond acceptors (Lipinski definition) is 5. The third-order valence-corrected chi connectivity index (χ3v) is 6.47. The van der Waals surface area contributed by atoms with Crippen molar-refractivity contribution in [1.29, 1.82) is 0 Å². The van der Waals surface area contributed by atoms with Crippen LogP contribution in [0.4, 0.5) is 0 Å². The van der Waals surface area contributed by atoms with Crippen molar-refractivity contribution in [3.8, 4) is 11.3 Å². The van der Waals surface area contributed by atoms with Crippen molar-refractivity contribution in [2.45, 2.75) is 44.2 Å². The van der Waals surface area contributed by atoms with Crippen molar-refractivity contribution < 1.29 is 19.8 Å². The number of nitrogens with zero attached hydrogens (tertiary/aromatic N) is 2. The van der Waals surface area contributed by atoms with E-state index in [1.54, 1.807) is 24.0 Å². The molecular weight excluding hydrogens is 424 g/mol. The molecule has 1 amide bonds. The highest BCUT2D eigenvalue weighted by molar-refractivity contribution is 7.99. The lowest BCUT2D eigenvalue weighted by molar-refractivity contribution is -0.137. The largest absolute Gasteiger partial charge is 0.481 e. The average Bonchev–Trinajstić information content (AvgIpc) is 3.14. The van der Waals surface area contributed by atoms with Gasteiger partial charge in [-0.1, -0.05) is 36.4 Å². The molecule has 2 N–H and O–H groups in total. The van der Waals surface area contributed by atoms with E-state index in [1.807, 2.05) is 53.4 Å². The van der Waals surface area contributed by atoms with E-state index in [-0.39, 0.29) is 18.4 Å². The fraction of sp³-hybridized carbons (Fsp3) is 0.400. The first-order valence-electron chi connectivity index (χ1n) is 11.0. The summed E-state index contributed by atoms with van der Waals surface area (Å²) in [7, 11) is 0. The summed E-state index contributed by atoms with van der Waals surface area (Å²) in [6.07, 6.45) is 7.50. The highest BCUT2D eigenvalue weighted by atomic mass is 32.2. The quantitative estimate of drug-likeness (QED) is 0.375. The Morgan fingerprint density at radius 2 is 2.12 bits per heavy atom. The van der Waals surface area contributed by atoms with Crippen molar-refractivity contribution in [3.63, 3.8) is 0 Å². The smallest absolute Gasteiger partial charge is 0.303 e. The molecule has 6 nitrogen and oxygen atoms in total. The maximum atomic E-state index is 12.2. The minimum atomic E-state index is -0.771. The summed E-state index contributed by atoms with van der Waals surface area (Å²) >= 11 is 1.68. The van der Waals surface area contributed by atoms with Gasteiger partial charge in [0.25, 0.3) is 0 Å². The molecule has 32 heavy (non-hydrogen) atoms. The maximum Gasteiger partial charge on any atom is 0.303 e. The molecule has 0 spiro atoms. The van der Waals surface area contributed by atoms with Crippen molar-refractivity contribution in [1.82, 2.24) is 9.88 Å². The van der Waals surface area contributed by atoms with E-state index in [0.717, 1.165) is 34.7 Å². The number of carboxylic acid groups (broad SMARTS) is 1. The number of carbonyl (C=O) groups is 2. The predicted octanol–water partition coefficient (Wildman–Crippen LogP) is 3.80. The Hall–Kier alpha value is -2.64. The Labute approximate surface area is 193 Å². The fourth-order valence-electron chi connectivity index (χ4n) is 3.79. The zero-order valence-corrected chi connectivity index (χ0v) is 18.9. The SMILES string of the molecule is O=C(O)CCCSCCN1C(=O)CC[C@@H]1C=C[C@@H](O)Cc1cccc(-c2ccccn2)c1. The lowest BCUT2D eigenvalue weighted by Crippen LogP contribution is -2.34. The molecule has 1 aliphatic rings. The highest BCUT2D eigenvalue weighted by Crippen LogP contribution is 2.22. The molecule has 2 heterocycles. The lowest BCUT2D eigenvalue weighted by Gasteiger charge is -2.22. The number of carbonyl (C=O) groups excluding carboxylic acids is 1. The van der Waals surface area contributed by atoms with Gasteiger partial charge in [0.2, 0.25) is 5.91 Å². The number of hydrogen-bond donors (Lipinski definition) is 2. The van der Waals surface area contributed by atoms with Crippen molar-refractivity contribution in [2.75, 3.05) is 18.1 Å². The maximum absolute atomic E-state index is 12.2. The van der Waals surface area contributed by atoms with Crippen LogP contribution in [-0.4, -0.2) is 62.2 Å². The number of rotatable bonds is 12. The van der Waals surface area contributed by atoms with Gasteiger partial charge in [0.05, 0.1) is 17.8 Å². The third-order valence-electron chi connectivity index (χ3n) is 5.42. The van der Waals surface area contributed by atoms with Gasteiger partial charge in [-0.2, -0.15) is 11.8 Å². The van der Waals surface area contributed by atoms with E-state index in [1.165, 1.54) is 0 Å². The van der Waals surface area contributed by atoms with Gasteiger partial charge < -0.3 is 15.1 Å². The molecular formula is C25H30N2O4S. The van der Waals surface area contributed by atoms with Crippen LogP contribution in [-0.2, 0) is 16.0 Å². The first-order chi connectivity index (χ1) is 15.5. The molecule has 0 aliphatic carbocycles. The minimum absolute atomic E-state index is 0.0108. The average molecular weight is 455 g/mol. The van der Waals surface area contributed by atoms with Crippen LogP contribution in [0.3, 0.4) is 0 Å². The van der Waals surface area contributed by atoms with Gasteiger partial charge in [0.1, 0.15) is 0 Å². The molecule has 1 fully saturated rings. The van der Waals surface area contributed by atoms with E-state index >= 15 is 0 Å². The second kappa shape index (κ2) is 12.4. The van der Waals surface area contributed by atoms with E-state index < -0.39 is 12.1 Å². The Bertz CT molecular complexity index is 919. The summed E-state index contributed by atoms with van der Waals surface area (Å²) in [4.78, 5) is 29.0. The molecule has 0 unspecified atom stereocenters. The number of benzene rings is 1. The van der Waals surface area contributed by atoms with E-state index in [2.05, 4.69) is 4.98 Å². The molecule has 3 rings (SSSR count). The van der Waals surface area contributed by atoms with Crippen LogP contribution in [0.1, 0.15) is 31.2 Å². The molecule has 0 radical (unpaired) electrons. The van der Waals surface area contributed by atoms with Crippen LogP contribution in [0.15, 0.2) is 60.8 Å². The summed E-state index contributed by atoms with van der Waals surface area (Å²) in [6, 6.07) is 13.8. The van der Waals surface area contributed by atoms with Crippen molar-refractivity contribution in [2.24, 2.45) is 0 Å². The molecule has 0 saturated carbocycles. The van der Waals surface area contributed by atoms with E-state index in [4.69, 9.17) is 5.11 Å². The number of aliphatic hydroxyl groups is 1. The fourth-order valence-corrected chi connectivity index (χ4v) is 4.67. The van der Waals surface area contributed by atoms with Gasteiger partial charge in [-0.05, 0) is 42.4 Å². The van der Waals surface area contributed by atoms with Crippen LogP contribution in [0.25, 0.3) is 11.3 Å². The molecule has 1 saturated heterocycles. The number of aliphatic hydroxyl groups excluding tert-OH is 1. The molecule has 2 atom stereocenters. The topological polar surface area (TPSA) is 90.7 Å². The van der Waals surface area contributed by atoms with Crippen molar-refractivity contribution in [3.05, 3.63) is 66.4 Å². The van der Waals surface area contributed by atoms with Gasteiger partial charge >= 0.3 is 5.97 Å². The third kappa shape index (κ3) is 7.50. The number of amides is 1. The predicted molar refractivity (Wildman–Crippen MR) is 127 cm³/mol. The van der Waals surface area contributed by atoms with Crippen LogP contribution < -0.4 is 0 Å². The zero-order chi connectivity index (χ0) is 22.8. The monoisotopic (exact) mass is 454 g/mol. The first-order valence-corrected chi connectivity index (χ1v) is 12.1. The Morgan fingerprint density at radius 3 is 2.91 bits per heavy atom. The number of likely N-dealkylation sites (tertiary alicyclic amines) is 1. The van der Waals surface area contributed by atoms with Crippen molar-refractivity contribution >= 4 is 23.6 Å². The highest BCUT2D eigenvalue weighted by Gasteiger charge is 2.28. The molecule has 170 valence electrons. The normalized spacial score (nSPS) is 17.2. The van der Waals surface area contributed by atoms with Gasteiger partial charge in [-0.3, -0.25) is 14.6 Å². The van der Waals surface area contributed by atoms with Crippen LogP contribution in [0.2, 0.25) is 0 Å². The van der Waals surface area contributed by atoms with Gasteiger partial charge in [-0.25, -0.2) is 0 Å². The van der Waals surface area contributed by atoms with Crippen LogP contribution in [0, 0.1) is 0 Å². The second-order valence-electron chi connectivity index (χ2n) is 7.87. The number of aromatic nitrogens is 1. The Kier molecular flexibility index (Phi) is 9.31. The first kappa shape index (κ1) is 24.0. The van der Waals surface area contributed by atoms with Crippen LogP contribution in [0.5, 0.6) is 0 Å². The van der Waals surface area contributed by atoms with Gasteiger partial charge in [0.15, 0.2) is 0 Å². The number of aliphatic carboxylic acids is 1. The number of carboxylic acids is 1.